The monoisotopic (exact) mass is 289 g/mol. The lowest BCUT2D eigenvalue weighted by Crippen LogP contribution is -2.43. The first-order valence-corrected chi connectivity index (χ1v) is 7.35. The maximum Gasteiger partial charge on any atom is 0.319 e. The molecule has 0 aliphatic carbocycles. The number of nitrogens with one attached hydrogen (secondary N) is 2. The molecule has 0 spiro atoms. The van der Waals surface area contributed by atoms with Gasteiger partial charge in [-0.1, -0.05) is 0 Å². The molecular formula is C16H23N3O2. The second-order valence-electron chi connectivity index (χ2n) is 6.38. The molecule has 1 saturated heterocycles. The van der Waals surface area contributed by atoms with Crippen molar-refractivity contribution in [3.05, 3.63) is 24.3 Å². The van der Waals surface area contributed by atoms with Crippen molar-refractivity contribution in [3.63, 3.8) is 0 Å². The van der Waals surface area contributed by atoms with Gasteiger partial charge in [0.05, 0.1) is 0 Å². The second-order valence-corrected chi connectivity index (χ2v) is 6.38. The molecule has 0 bridgehead atoms. The molecule has 5 nitrogen and oxygen atoms in total. The van der Waals surface area contributed by atoms with Gasteiger partial charge in [-0.3, -0.25) is 4.79 Å². The first-order valence-electron chi connectivity index (χ1n) is 7.35. The number of rotatable bonds is 2. The van der Waals surface area contributed by atoms with Crippen LogP contribution in [-0.2, 0) is 4.79 Å². The molecule has 1 aliphatic heterocycles. The quantitative estimate of drug-likeness (QED) is 0.878. The first kappa shape index (κ1) is 15.4. The van der Waals surface area contributed by atoms with Crippen LogP contribution in [0.15, 0.2) is 24.3 Å². The Labute approximate surface area is 125 Å². The van der Waals surface area contributed by atoms with Crippen molar-refractivity contribution in [2.45, 2.75) is 45.6 Å². The van der Waals surface area contributed by atoms with Gasteiger partial charge in [-0.2, -0.15) is 0 Å². The molecule has 0 saturated carbocycles. The van der Waals surface area contributed by atoms with Crippen molar-refractivity contribution >= 4 is 23.3 Å². The highest BCUT2D eigenvalue weighted by Crippen LogP contribution is 2.22. The molecule has 1 heterocycles. The van der Waals surface area contributed by atoms with Crippen LogP contribution in [-0.4, -0.2) is 24.0 Å². The van der Waals surface area contributed by atoms with Gasteiger partial charge in [0.25, 0.3) is 0 Å². The van der Waals surface area contributed by atoms with Gasteiger partial charge in [-0.15, -0.1) is 0 Å². The van der Waals surface area contributed by atoms with Crippen LogP contribution in [0.25, 0.3) is 0 Å². The zero-order valence-electron chi connectivity index (χ0n) is 12.9. The molecule has 1 fully saturated rings. The maximum atomic E-state index is 11.9. The first-order chi connectivity index (χ1) is 9.85. The van der Waals surface area contributed by atoms with Gasteiger partial charge in [0, 0.05) is 29.9 Å². The van der Waals surface area contributed by atoms with Crippen molar-refractivity contribution < 1.29 is 9.59 Å². The summed E-state index contributed by atoms with van der Waals surface area (Å²) in [7, 11) is 0. The van der Waals surface area contributed by atoms with E-state index in [1.807, 2.05) is 49.9 Å². The molecule has 1 aromatic rings. The van der Waals surface area contributed by atoms with Gasteiger partial charge in [0.15, 0.2) is 0 Å². The Hall–Kier alpha value is -2.04. The number of urea groups is 1. The van der Waals surface area contributed by atoms with Crippen molar-refractivity contribution in [3.8, 4) is 0 Å². The van der Waals surface area contributed by atoms with Crippen LogP contribution in [0.3, 0.4) is 0 Å². The van der Waals surface area contributed by atoms with E-state index in [0.717, 1.165) is 25.1 Å². The predicted octanol–water partition coefficient (Wildman–Crippen LogP) is 3.12. The lowest BCUT2D eigenvalue weighted by Gasteiger charge is -2.27. The summed E-state index contributed by atoms with van der Waals surface area (Å²) >= 11 is 0. The summed E-state index contributed by atoms with van der Waals surface area (Å²) in [5.74, 6) is 0.174. The summed E-state index contributed by atoms with van der Waals surface area (Å²) in [4.78, 5) is 25.4. The molecule has 2 rings (SSSR count). The number of carbonyl (C=O) groups is 2. The normalized spacial score (nSPS) is 15.8. The van der Waals surface area contributed by atoms with E-state index in [-0.39, 0.29) is 17.5 Å². The minimum atomic E-state index is -0.274. The molecule has 1 aromatic carbocycles. The fourth-order valence-electron chi connectivity index (χ4n) is 2.31. The highest BCUT2D eigenvalue weighted by atomic mass is 16.2. The fraction of sp³-hybridized carbons (Fsp3) is 0.500. The van der Waals surface area contributed by atoms with Gasteiger partial charge < -0.3 is 15.5 Å². The van der Waals surface area contributed by atoms with E-state index in [9.17, 15) is 9.59 Å². The molecule has 3 amide bonds. The Morgan fingerprint density at radius 1 is 1.14 bits per heavy atom. The highest BCUT2D eigenvalue weighted by Gasteiger charge is 2.19. The molecule has 0 aromatic heterocycles. The van der Waals surface area contributed by atoms with Crippen molar-refractivity contribution in [1.82, 2.24) is 5.32 Å². The van der Waals surface area contributed by atoms with Crippen LogP contribution in [0.5, 0.6) is 0 Å². The van der Waals surface area contributed by atoms with Crippen LogP contribution in [0.4, 0.5) is 16.2 Å². The molecule has 0 radical (unpaired) electrons. The Balaban J connectivity index is 1.99. The third kappa shape index (κ3) is 4.48. The van der Waals surface area contributed by atoms with Crippen molar-refractivity contribution in [2.24, 2.45) is 0 Å². The van der Waals surface area contributed by atoms with E-state index in [1.165, 1.54) is 0 Å². The SMILES string of the molecule is CC(C)(C)NC(=O)Nc1ccc(N2CCCCC2=O)cc1. The topological polar surface area (TPSA) is 61.4 Å². The minimum absolute atomic E-state index is 0.174. The summed E-state index contributed by atoms with van der Waals surface area (Å²) in [6.07, 6.45) is 2.63. The minimum Gasteiger partial charge on any atom is -0.333 e. The molecule has 0 atom stereocenters. The van der Waals surface area contributed by atoms with E-state index >= 15 is 0 Å². The molecule has 114 valence electrons. The Morgan fingerprint density at radius 3 is 2.38 bits per heavy atom. The number of nitrogens with zero attached hydrogens (tertiary/aromatic N) is 1. The van der Waals surface area contributed by atoms with Crippen molar-refractivity contribution in [2.75, 3.05) is 16.8 Å². The molecular weight excluding hydrogens is 266 g/mol. The number of amides is 3. The lowest BCUT2D eigenvalue weighted by molar-refractivity contribution is -0.119. The van der Waals surface area contributed by atoms with Crippen LogP contribution >= 0.6 is 0 Å². The van der Waals surface area contributed by atoms with E-state index < -0.39 is 0 Å². The smallest absolute Gasteiger partial charge is 0.319 e. The predicted molar refractivity (Wildman–Crippen MR) is 84.6 cm³/mol. The molecule has 5 heteroatoms. The second kappa shape index (κ2) is 6.16. The van der Waals surface area contributed by atoms with Crippen LogP contribution in [0.2, 0.25) is 0 Å². The van der Waals surface area contributed by atoms with E-state index in [4.69, 9.17) is 0 Å². The standard InChI is InChI=1S/C16H23N3O2/c1-16(2,3)18-15(21)17-12-7-9-13(10-8-12)19-11-5-4-6-14(19)20/h7-10H,4-6,11H2,1-3H3,(H2,17,18,21). The number of anilines is 2. The molecule has 21 heavy (non-hydrogen) atoms. The summed E-state index contributed by atoms with van der Waals surface area (Å²) in [6, 6.07) is 7.15. The zero-order chi connectivity index (χ0) is 15.5. The van der Waals surface area contributed by atoms with E-state index in [2.05, 4.69) is 10.6 Å². The van der Waals surface area contributed by atoms with Gasteiger partial charge in [-0.05, 0) is 57.9 Å². The Bertz CT molecular complexity index is 517. The zero-order valence-corrected chi connectivity index (χ0v) is 12.9. The summed E-state index contributed by atoms with van der Waals surface area (Å²) < 4.78 is 0. The number of piperidine rings is 1. The van der Waals surface area contributed by atoms with Crippen LogP contribution in [0.1, 0.15) is 40.0 Å². The number of hydrogen-bond donors (Lipinski definition) is 2. The summed E-state index contributed by atoms with van der Waals surface area (Å²) in [6.45, 7) is 6.56. The van der Waals surface area contributed by atoms with Gasteiger partial charge in [-0.25, -0.2) is 4.79 Å². The molecule has 0 unspecified atom stereocenters. The van der Waals surface area contributed by atoms with Crippen molar-refractivity contribution in [1.29, 1.82) is 0 Å². The third-order valence-corrected chi connectivity index (χ3v) is 3.25. The fourth-order valence-corrected chi connectivity index (χ4v) is 2.31. The Kier molecular flexibility index (Phi) is 4.50. The van der Waals surface area contributed by atoms with Gasteiger partial charge >= 0.3 is 6.03 Å². The average Bonchev–Trinajstić information content (AvgIpc) is 2.38. The highest BCUT2D eigenvalue weighted by molar-refractivity contribution is 5.94. The third-order valence-electron chi connectivity index (χ3n) is 3.25. The van der Waals surface area contributed by atoms with Crippen LogP contribution < -0.4 is 15.5 Å². The Morgan fingerprint density at radius 2 is 1.81 bits per heavy atom. The molecule has 1 aliphatic rings. The van der Waals surface area contributed by atoms with Gasteiger partial charge in [0.1, 0.15) is 0 Å². The lowest BCUT2D eigenvalue weighted by atomic mass is 10.1. The largest absolute Gasteiger partial charge is 0.333 e. The van der Waals surface area contributed by atoms with Gasteiger partial charge in [0.2, 0.25) is 5.91 Å². The number of carbonyl (C=O) groups excluding carboxylic acids is 2. The maximum absolute atomic E-state index is 11.9. The molecule has 2 N–H and O–H groups in total. The van der Waals surface area contributed by atoms with E-state index in [0.29, 0.717) is 12.1 Å². The van der Waals surface area contributed by atoms with E-state index in [1.54, 1.807) is 0 Å². The van der Waals surface area contributed by atoms with Crippen LogP contribution in [0, 0.1) is 0 Å². The summed E-state index contributed by atoms with van der Waals surface area (Å²) in [5, 5.41) is 5.62. The number of hydrogen-bond acceptors (Lipinski definition) is 2. The average molecular weight is 289 g/mol. The summed E-state index contributed by atoms with van der Waals surface area (Å²) in [5.41, 5.74) is 1.33. The number of benzene rings is 1.